The fraction of sp³-hybridized carbons (Fsp3) is 0.375. The van der Waals surface area contributed by atoms with E-state index in [4.69, 9.17) is 5.11 Å². The molecule has 7 heteroatoms. The summed E-state index contributed by atoms with van der Waals surface area (Å²) in [7, 11) is 0. The Bertz CT molecular complexity index is 686. The molecular formula is C16H21FN4O2. The van der Waals surface area contributed by atoms with Crippen molar-refractivity contribution in [3.8, 4) is 5.69 Å². The smallest absolute Gasteiger partial charge is 0.320 e. The van der Waals surface area contributed by atoms with Crippen LogP contribution in [0.4, 0.5) is 15.0 Å². The number of carbonyl (C=O) groups is 1. The normalized spacial score (nSPS) is 13.4. The average Bonchev–Trinajstić information content (AvgIpc) is 2.86. The minimum atomic E-state index is -0.401. The van der Waals surface area contributed by atoms with Crippen molar-refractivity contribution < 1.29 is 14.3 Å². The van der Waals surface area contributed by atoms with Crippen molar-refractivity contribution in [3.05, 3.63) is 41.8 Å². The zero-order valence-electron chi connectivity index (χ0n) is 13.4. The molecule has 23 heavy (non-hydrogen) atoms. The highest BCUT2D eigenvalue weighted by Gasteiger charge is 2.15. The number of benzene rings is 1. The van der Waals surface area contributed by atoms with Crippen molar-refractivity contribution in [3.63, 3.8) is 0 Å². The van der Waals surface area contributed by atoms with Gasteiger partial charge in [-0.15, -0.1) is 5.10 Å². The van der Waals surface area contributed by atoms with Crippen molar-refractivity contribution in [1.82, 2.24) is 15.1 Å². The molecule has 0 aliphatic heterocycles. The first-order valence-electron chi connectivity index (χ1n) is 7.41. The minimum absolute atomic E-state index is 0.00521. The minimum Gasteiger partial charge on any atom is -0.396 e. The zero-order chi connectivity index (χ0) is 17.0. The lowest BCUT2D eigenvalue weighted by Crippen LogP contribution is -2.40. The van der Waals surface area contributed by atoms with Gasteiger partial charge in [-0.05, 0) is 38.0 Å². The number of halogens is 1. The molecule has 2 unspecified atom stereocenters. The monoisotopic (exact) mass is 320 g/mol. The molecule has 0 saturated heterocycles. The van der Waals surface area contributed by atoms with Gasteiger partial charge in [0.05, 0.1) is 5.69 Å². The van der Waals surface area contributed by atoms with Gasteiger partial charge in [-0.3, -0.25) is 5.32 Å². The van der Waals surface area contributed by atoms with Crippen LogP contribution in [0.5, 0.6) is 0 Å². The van der Waals surface area contributed by atoms with E-state index in [9.17, 15) is 9.18 Å². The van der Waals surface area contributed by atoms with Crippen LogP contribution in [0, 0.1) is 18.7 Å². The number of aliphatic hydroxyl groups excluding tert-OH is 1. The Kier molecular flexibility index (Phi) is 5.33. The number of hydrogen-bond acceptors (Lipinski definition) is 3. The largest absolute Gasteiger partial charge is 0.396 e. The molecule has 2 amide bonds. The molecule has 0 aliphatic carbocycles. The summed E-state index contributed by atoms with van der Waals surface area (Å²) in [6, 6.07) is 7.19. The van der Waals surface area contributed by atoms with Crippen LogP contribution >= 0.6 is 0 Å². The molecule has 3 N–H and O–H groups in total. The highest BCUT2D eigenvalue weighted by Crippen LogP contribution is 2.16. The van der Waals surface area contributed by atoms with E-state index in [-0.39, 0.29) is 24.4 Å². The van der Waals surface area contributed by atoms with E-state index in [0.29, 0.717) is 11.5 Å². The molecule has 0 saturated carbocycles. The molecule has 2 aromatic rings. The third-order valence-electron chi connectivity index (χ3n) is 3.68. The van der Waals surface area contributed by atoms with Crippen LogP contribution < -0.4 is 10.6 Å². The van der Waals surface area contributed by atoms with Gasteiger partial charge >= 0.3 is 6.03 Å². The molecule has 6 nitrogen and oxygen atoms in total. The number of amides is 2. The third kappa shape index (κ3) is 4.29. The van der Waals surface area contributed by atoms with Crippen LogP contribution in [0.25, 0.3) is 5.69 Å². The second-order valence-corrected chi connectivity index (χ2v) is 5.61. The van der Waals surface area contributed by atoms with Gasteiger partial charge in [0.1, 0.15) is 5.82 Å². The molecule has 2 rings (SSSR count). The van der Waals surface area contributed by atoms with Crippen molar-refractivity contribution >= 4 is 11.8 Å². The molecule has 1 aromatic heterocycles. The van der Waals surface area contributed by atoms with E-state index in [2.05, 4.69) is 15.7 Å². The maximum Gasteiger partial charge on any atom is 0.320 e. The predicted molar refractivity (Wildman–Crippen MR) is 86.1 cm³/mol. The van der Waals surface area contributed by atoms with Crippen LogP contribution in [0.3, 0.4) is 0 Å². The van der Waals surface area contributed by atoms with Gasteiger partial charge in [-0.25, -0.2) is 13.9 Å². The standard InChI is InChI=1S/C16H21FN4O2/c1-10(9-22)12(3)18-16(23)19-15-7-11(2)21(20-15)14-6-4-5-13(17)8-14/h4-8,10,12,22H,9H2,1-3H3,(H2,18,19,20,23). The average molecular weight is 320 g/mol. The number of urea groups is 1. The van der Waals surface area contributed by atoms with Crippen LogP contribution in [0.15, 0.2) is 30.3 Å². The van der Waals surface area contributed by atoms with E-state index in [0.717, 1.165) is 5.69 Å². The van der Waals surface area contributed by atoms with Crippen LogP contribution in [-0.4, -0.2) is 33.6 Å². The van der Waals surface area contributed by atoms with Gasteiger partial charge < -0.3 is 10.4 Å². The molecule has 0 bridgehead atoms. The van der Waals surface area contributed by atoms with E-state index in [1.54, 1.807) is 22.9 Å². The first-order chi connectivity index (χ1) is 10.9. The lowest BCUT2D eigenvalue weighted by atomic mass is 10.1. The van der Waals surface area contributed by atoms with Crippen LogP contribution in [0.1, 0.15) is 19.5 Å². The lowest BCUT2D eigenvalue weighted by molar-refractivity contribution is 0.204. The van der Waals surface area contributed by atoms with Gasteiger partial charge in [0.15, 0.2) is 5.82 Å². The molecule has 1 aromatic carbocycles. The topological polar surface area (TPSA) is 79.2 Å². The lowest BCUT2D eigenvalue weighted by Gasteiger charge is -2.18. The molecular weight excluding hydrogens is 299 g/mol. The van der Waals surface area contributed by atoms with E-state index in [1.165, 1.54) is 12.1 Å². The SMILES string of the molecule is Cc1cc(NC(=O)NC(C)C(C)CO)nn1-c1cccc(F)c1. The second-order valence-electron chi connectivity index (χ2n) is 5.61. The number of hydrogen-bond donors (Lipinski definition) is 3. The number of rotatable bonds is 5. The number of aryl methyl sites for hydroxylation is 1. The van der Waals surface area contributed by atoms with Crippen molar-refractivity contribution in [1.29, 1.82) is 0 Å². The summed E-state index contributed by atoms with van der Waals surface area (Å²) in [6.45, 7) is 5.47. The van der Waals surface area contributed by atoms with Crippen molar-refractivity contribution in [2.24, 2.45) is 5.92 Å². The summed E-state index contributed by atoms with van der Waals surface area (Å²) in [4.78, 5) is 11.9. The summed E-state index contributed by atoms with van der Waals surface area (Å²) in [6.07, 6.45) is 0. The van der Waals surface area contributed by atoms with Crippen molar-refractivity contribution in [2.75, 3.05) is 11.9 Å². The highest BCUT2D eigenvalue weighted by atomic mass is 19.1. The van der Waals surface area contributed by atoms with Gasteiger partial charge in [0.2, 0.25) is 0 Å². The molecule has 124 valence electrons. The number of nitrogens with zero attached hydrogens (tertiary/aromatic N) is 2. The molecule has 0 spiro atoms. The van der Waals surface area contributed by atoms with Gasteiger partial charge in [-0.2, -0.15) is 0 Å². The van der Waals surface area contributed by atoms with E-state index < -0.39 is 6.03 Å². The second kappa shape index (κ2) is 7.23. The fourth-order valence-electron chi connectivity index (χ4n) is 2.06. The maximum atomic E-state index is 13.3. The Morgan fingerprint density at radius 2 is 2.13 bits per heavy atom. The maximum absolute atomic E-state index is 13.3. The Labute approximate surface area is 134 Å². The van der Waals surface area contributed by atoms with Gasteiger partial charge in [-0.1, -0.05) is 13.0 Å². The van der Waals surface area contributed by atoms with Crippen molar-refractivity contribution in [2.45, 2.75) is 26.8 Å². The molecule has 1 heterocycles. The Hall–Kier alpha value is -2.41. The number of nitrogens with one attached hydrogen (secondary N) is 2. The molecule has 0 aliphatic rings. The number of anilines is 1. The highest BCUT2D eigenvalue weighted by molar-refractivity contribution is 5.88. The summed E-state index contributed by atoms with van der Waals surface area (Å²) in [5, 5.41) is 18.7. The third-order valence-corrected chi connectivity index (χ3v) is 3.68. The number of carbonyl (C=O) groups excluding carboxylic acids is 1. The first-order valence-corrected chi connectivity index (χ1v) is 7.41. The summed E-state index contributed by atoms with van der Waals surface area (Å²) in [5.74, 6) is -0.0306. The van der Waals surface area contributed by atoms with Crippen LogP contribution in [0.2, 0.25) is 0 Å². The molecule has 0 radical (unpaired) electrons. The van der Waals surface area contributed by atoms with Gasteiger partial charge in [0, 0.05) is 24.4 Å². The summed E-state index contributed by atoms with van der Waals surface area (Å²) < 4.78 is 14.9. The van der Waals surface area contributed by atoms with E-state index >= 15 is 0 Å². The Morgan fingerprint density at radius 1 is 1.39 bits per heavy atom. The van der Waals surface area contributed by atoms with Crippen LogP contribution in [-0.2, 0) is 0 Å². The van der Waals surface area contributed by atoms with E-state index in [1.807, 2.05) is 20.8 Å². The Balaban J connectivity index is 2.08. The number of aliphatic hydroxyl groups is 1. The number of aromatic nitrogens is 2. The molecule has 0 fully saturated rings. The molecule has 2 atom stereocenters. The summed E-state index contributed by atoms with van der Waals surface area (Å²) >= 11 is 0. The summed E-state index contributed by atoms with van der Waals surface area (Å²) in [5.41, 5.74) is 1.35. The quantitative estimate of drug-likeness (QED) is 0.792. The predicted octanol–water partition coefficient (Wildman–Crippen LogP) is 2.46. The first kappa shape index (κ1) is 17.0. The Morgan fingerprint density at radius 3 is 2.78 bits per heavy atom. The van der Waals surface area contributed by atoms with Gasteiger partial charge in [0.25, 0.3) is 0 Å². The zero-order valence-corrected chi connectivity index (χ0v) is 13.4. The fourth-order valence-corrected chi connectivity index (χ4v) is 2.06.